The summed E-state index contributed by atoms with van der Waals surface area (Å²) in [6, 6.07) is 0. The Labute approximate surface area is 109 Å². The number of rotatable bonds is 4. The summed E-state index contributed by atoms with van der Waals surface area (Å²) in [6.45, 7) is 0. The summed E-state index contributed by atoms with van der Waals surface area (Å²) in [6.07, 6.45) is 12.5. The van der Waals surface area contributed by atoms with Gasteiger partial charge in [0.25, 0.3) is 0 Å². The van der Waals surface area contributed by atoms with Gasteiger partial charge in [-0.25, -0.2) is 0 Å². The third-order valence-electron chi connectivity index (χ3n) is 4.21. The summed E-state index contributed by atoms with van der Waals surface area (Å²) in [5, 5.41) is 9.93. The summed E-state index contributed by atoms with van der Waals surface area (Å²) in [4.78, 5) is 11.5. The monoisotopic (exact) mass is 256 g/mol. The molecule has 0 saturated heterocycles. The van der Waals surface area contributed by atoms with Crippen LogP contribution in [0.15, 0.2) is 0 Å². The highest BCUT2D eigenvalue weighted by molar-refractivity contribution is 8.01. The van der Waals surface area contributed by atoms with E-state index in [9.17, 15) is 9.90 Å². The average molecular weight is 256 g/mol. The summed E-state index contributed by atoms with van der Waals surface area (Å²) >= 11 is 1.78. The van der Waals surface area contributed by atoms with Crippen molar-refractivity contribution in [2.45, 2.75) is 74.7 Å². The molecule has 0 heterocycles. The second kappa shape index (κ2) is 6.67. The van der Waals surface area contributed by atoms with E-state index in [1.807, 2.05) is 0 Å². The molecule has 0 radical (unpaired) electrons. The maximum Gasteiger partial charge on any atom is 0.316 e. The van der Waals surface area contributed by atoms with Gasteiger partial charge in [0.05, 0.1) is 0 Å². The fraction of sp³-hybridized carbons (Fsp3) is 0.929. The Bertz CT molecular complexity index is 243. The molecular weight excluding hydrogens is 232 g/mol. The number of aliphatic carboxylic acids is 1. The van der Waals surface area contributed by atoms with E-state index in [4.69, 9.17) is 0 Å². The fourth-order valence-corrected chi connectivity index (χ4v) is 4.85. The Hall–Kier alpha value is -0.180. The molecule has 1 N–H and O–H groups in total. The molecule has 2 nitrogen and oxygen atoms in total. The molecule has 2 aliphatic carbocycles. The third-order valence-corrected chi connectivity index (χ3v) is 5.95. The molecule has 0 aromatic carbocycles. The number of carboxylic acid groups (broad SMARTS) is 1. The summed E-state index contributed by atoms with van der Waals surface area (Å²) in [5.41, 5.74) is 0. The Kier molecular flexibility index (Phi) is 5.20. The van der Waals surface area contributed by atoms with Crippen LogP contribution in [-0.4, -0.2) is 21.6 Å². The first-order chi connectivity index (χ1) is 8.27. The second-order valence-electron chi connectivity index (χ2n) is 5.55. The van der Waals surface area contributed by atoms with Crippen LogP contribution in [0.1, 0.15) is 64.2 Å². The molecule has 2 aliphatic rings. The first-order valence-corrected chi connectivity index (χ1v) is 8.10. The minimum absolute atomic E-state index is 0.126. The lowest BCUT2D eigenvalue weighted by Gasteiger charge is -2.31. The normalized spacial score (nSPS) is 25.6. The molecule has 2 rings (SSSR count). The quantitative estimate of drug-likeness (QED) is 0.823. The van der Waals surface area contributed by atoms with E-state index in [0.29, 0.717) is 11.2 Å². The maximum absolute atomic E-state index is 11.5. The van der Waals surface area contributed by atoms with Crippen LogP contribution in [0.2, 0.25) is 0 Å². The van der Waals surface area contributed by atoms with Gasteiger partial charge in [-0.1, -0.05) is 38.5 Å². The zero-order valence-electron chi connectivity index (χ0n) is 10.6. The Morgan fingerprint density at radius 3 is 2.00 bits per heavy atom. The number of thioether (sulfide) groups is 1. The van der Waals surface area contributed by atoms with Crippen LogP contribution < -0.4 is 0 Å². The molecular formula is C14H24O2S. The van der Waals surface area contributed by atoms with Gasteiger partial charge >= 0.3 is 5.97 Å². The topological polar surface area (TPSA) is 37.3 Å². The molecule has 2 fully saturated rings. The first-order valence-electron chi connectivity index (χ1n) is 7.15. The van der Waals surface area contributed by atoms with Gasteiger partial charge in [-0.05, 0) is 31.6 Å². The van der Waals surface area contributed by atoms with E-state index in [1.54, 1.807) is 11.8 Å². The highest BCUT2D eigenvalue weighted by Crippen LogP contribution is 2.38. The van der Waals surface area contributed by atoms with Crippen LogP contribution in [0.5, 0.6) is 0 Å². The van der Waals surface area contributed by atoms with E-state index in [2.05, 4.69) is 0 Å². The largest absolute Gasteiger partial charge is 0.480 e. The van der Waals surface area contributed by atoms with Gasteiger partial charge in [0, 0.05) is 5.25 Å². The molecule has 98 valence electrons. The van der Waals surface area contributed by atoms with Crippen molar-refractivity contribution in [3.8, 4) is 0 Å². The molecule has 0 spiro atoms. The summed E-state index contributed by atoms with van der Waals surface area (Å²) in [5.74, 6) is -0.124. The van der Waals surface area contributed by atoms with Crippen molar-refractivity contribution in [1.29, 1.82) is 0 Å². The Balaban J connectivity index is 1.88. The molecule has 17 heavy (non-hydrogen) atoms. The average Bonchev–Trinajstić information content (AvgIpc) is 2.38. The van der Waals surface area contributed by atoms with Gasteiger partial charge in [-0.3, -0.25) is 4.79 Å². The predicted octanol–water partition coefficient (Wildman–Crippen LogP) is 4.09. The molecule has 1 atom stereocenters. The van der Waals surface area contributed by atoms with E-state index in [0.717, 1.165) is 12.8 Å². The van der Waals surface area contributed by atoms with E-state index >= 15 is 0 Å². The zero-order valence-corrected chi connectivity index (χ0v) is 11.4. The number of carboxylic acids is 1. The van der Waals surface area contributed by atoms with Crippen molar-refractivity contribution in [2.24, 2.45) is 5.92 Å². The van der Waals surface area contributed by atoms with Crippen molar-refractivity contribution in [3.05, 3.63) is 0 Å². The van der Waals surface area contributed by atoms with Crippen LogP contribution >= 0.6 is 11.8 Å². The van der Waals surface area contributed by atoms with Crippen molar-refractivity contribution in [1.82, 2.24) is 0 Å². The van der Waals surface area contributed by atoms with E-state index in [1.165, 1.54) is 51.4 Å². The fourth-order valence-electron chi connectivity index (χ4n) is 3.22. The molecule has 0 amide bonds. The maximum atomic E-state index is 11.5. The molecule has 3 heteroatoms. The van der Waals surface area contributed by atoms with Crippen molar-refractivity contribution >= 4 is 17.7 Å². The van der Waals surface area contributed by atoms with Crippen LogP contribution in [-0.2, 0) is 4.79 Å². The summed E-state index contributed by atoms with van der Waals surface area (Å²) in [7, 11) is 0. The lowest BCUT2D eigenvalue weighted by molar-refractivity contribution is -0.137. The van der Waals surface area contributed by atoms with E-state index in [-0.39, 0.29) is 5.25 Å². The second-order valence-corrected chi connectivity index (χ2v) is 7.00. The third kappa shape index (κ3) is 3.90. The number of hydrogen-bond acceptors (Lipinski definition) is 2. The predicted molar refractivity (Wildman–Crippen MR) is 72.5 cm³/mol. The van der Waals surface area contributed by atoms with Gasteiger partial charge < -0.3 is 5.11 Å². The molecule has 1 unspecified atom stereocenters. The molecule has 0 aliphatic heterocycles. The van der Waals surface area contributed by atoms with Crippen molar-refractivity contribution in [3.63, 3.8) is 0 Å². The van der Waals surface area contributed by atoms with Gasteiger partial charge in [0.2, 0.25) is 0 Å². The van der Waals surface area contributed by atoms with Gasteiger partial charge in [0.15, 0.2) is 0 Å². The van der Waals surface area contributed by atoms with Crippen LogP contribution in [0.3, 0.4) is 0 Å². The van der Waals surface area contributed by atoms with Crippen LogP contribution in [0.4, 0.5) is 0 Å². The highest BCUT2D eigenvalue weighted by atomic mass is 32.2. The van der Waals surface area contributed by atoms with E-state index < -0.39 is 5.97 Å². The lowest BCUT2D eigenvalue weighted by atomic mass is 9.87. The standard InChI is InChI=1S/C14H24O2S/c15-14(16)13(11-7-3-1-4-8-11)17-12-9-5-2-6-10-12/h11-13H,1-10H2,(H,15,16). The van der Waals surface area contributed by atoms with Crippen LogP contribution in [0.25, 0.3) is 0 Å². The minimum atomic E-state index is -0.563. The number of carbonyl (C=O) groups is 1. The van der Waals surface area contributed by atoms with Crippen molar-refractivity contribution < 1.29 is 9.90 Å². The SMILES string of the molecule is O=C(O)C(SC1CCCCC1)C1CCCCC1. The number of hydrogen-bond donors (Lipinski definition) is 1. The van der Waals surface area contributed by atoms with Crippen LogP contribution in [0, 0.1) is 5.92 Å². The summed E-state index contributed by atoms with van der Waals surface area (Å²) < 4.78 is 0. The first kappa shape index (κ1) is 13.3. The van der Waals surface area contributed by atoms with Gasteiger partial charge in [-0.15, -0.1) is 11.8 Å². The molecule has 0 aromatic rings. The smallest absolute Gasteiger partial charge is 0.316 e. The molecule has 0 aromatic heterocycles. The molecule has 0 bridgehead atoms. The minimum Gasteiger partial charge on any atom is -0.480 e. The Morgan fingerprint density at radius 1 is 0.941 bits per heavy atom. The van der Waals surface area contributed by atoms with Gasteiger partial charge in [0.1, 0.15) is 5.25 Å². The zero-order chi connectivity index (χ0) is 12.1. The van der Waals surface area contributed by atoms with Gasteiger partial charge in [-0.2, -0.15) is 0 Å². The molecule has 2 saturated carbocycles. The highest BCUT2D eigenvalue weighted by Gasteiger charge is 2.32. The Morgan fingerprint density at radius 2 is 1.47 bits per heavy atom. The van der Waals surface area contributed by atoms with Crippen molar-refractivity contribution in [2.75, 3.05) is 0 Å². The lowest BCUT2D eigenvalue weighted by Crippen LogP contribution is -2.30.